The zero-order valence-corrected chi connectivity index (χ0v) is 18.0. The fourth-order valence-corrected chi connectivity index (χ4v) is 5.45. The second kappa shape index (κ2) is 8.75. The Kier molecular flexibility index (Phi) is 6.32. The lowest BCUT2D eigenvalue weighted by molar-refractivity contribution is -0.144. The first-order chi connectivity index (χ1) is 13.6. The molecule has 3 fully saturated rings. The molecule has 0 radical (unpaired) electrons. The maximum atomic E-state index is 13.5. The largest absolute Gasteiger partial charge is 0.380 e. The van der Waals surface area contributed by atoms with Gasteiger partial charge in [-0.1, -0.05) is 0 Å². The number of hydrogen-bond donors (Lipinski definition) is 0. The molecule has 3 saturated heterocycles. The summed E-state index contributed by atoms with van der Waals surface area (Å²) in [4.78, 5) is 22.8. The summed E-state index contributed by atoms with van der Waals surface area (Å²) in [6, 6.07) is 0. The maximum absolute atomic E-state index is 13.5. The van der Waals surface area contributed by atoms with Crippen LogP contribution in [0.4, 0.5) is 0 Å². The maximum Gasteiger partial charge on any atom is 0.232 e. The molecule has 156 valence electrons. The SMILES string of the molecule is CN(C)CCCN1CCN(C(=O)[C@@]23COC[C@@H]2CN(Cc2cnsc2)C3)CC1. The summed E-state index contributed by atoms with van der Waals surface area (Å²) < 4.78 is 10.0. The molecule has 3 aliphatic heterocycles. The van der Waals surface area contributed by atoms with E-state index in [2.05, 4.69) is 43.4 Å². The van der Waals surface area contributed by atoms with Crippen LogP contribution in [0.25, 0.3) is 0 Å². The van der Waals surface area contributed by atoms with E-state index in [-0.39, 0.29) is 5.41 Å². The van der Waals surface area contributed by atoms with E-state index >= 15 is 0 Å². The van der Waals surface area contributed by atoms with Crippen LogP contribution in [-0.2, 0) is 16.1 Å². The highest BCUT2D eigenvalue weighted by Gasteiger charge is 2.56. The van der Waals surface area contributed by atoms with E-state index in [1.54, 1.807) is 0 Å². The van der Waals surface area contributed by atoms with E-state index in [0.717, 1.165) is 58.9 Å². The predicted octanol–water partition coefficient (Wildman–Crippen LogP) is 0.687. The van der Waals surface area contributed by atoms with E-state index in [1.165, 1.54) is 23.5 Å². The van der Waals surface area contributed by atoms with E-state index in [9.17, 15) is 4.79 Å². The number of piperazine rings is 1. The van der Waals surface area contributed by atoms with Gasteiger partial charge in [-0.05, 0) is 50.7 Å². The molecular formula is C20H33N5O2S. The van der Waals surface area contributed by atoms with Crippen molar-refractivity contribution in [3.8, 4) is 0 Å². The van der Waals surface area contributed by atoms with Crippen molar-refractivity contribution in [2.45, 2.75) is 13.0 Å². The van der Waals surface area contributed by atoms with Crippen LogP contribution < -0.4 is 0 Å². The summed E-state index contributed by atoms with van der Waals surface area (Å²) in [5.41, 5.74) is 0.913. The smallest absolute Gasteiger partial charge is 0.232 e. The Morgan fingerprint density at radius 3 is 2.86 bits per heavy atom. The first kappa shape index (κ1) is 20.2. The van der Waals surface area contributed by atoms with Crippen LogP contribution in [0.1, 0.15) is 12.0 Å². The molecule has 4 heterocycles. The van der Waals surface area contributed by atoms with Gasteiger partial charge >= 0.3 is 0 Å². The third kappa shape index (κ3) is 4.26. The molecule has 0 N–H and O–H groups in total. The predicted molar refractivity (Wildman–Crippen MR) is 110 cm³/mol. The monoisotopic (exact) mass is 407 g/mol. The van der Waals surface area contributed by atoms with Crippen LogP contribution in [0.2, 0.25) is 0 Å². The Morgan fingerprint density at radius 1 is 1.32 bits per heavy atom. The van der Waals surface area contributed by atoms with Gasteiger partial charge in [-0.15, -0.1) is 0 Å². The van der Waals surface area contributed by atoms with Crippen LogP contribution in [-0.4, -0.2) is 110 Å². The van der Waals surface area contributed by atoms with Crippen molar-refractivity contribution in [3.05, 3.63) is 17.1 Å². The van der Waals surface area contributed by atoms with Gasteiger partial charge in [0, 0.05) is 63.3 Å². The molecule has 0 aliphatic carbocycles. The average Bonchev–Trinajstić information content (AvgIpc) is 3.38. The van der Waals surface area contributed by atoms with Gasteiger partial charge in [0.15, 0.2) is 0 Å². The number of nitrogens with zero attached hydrogens (tertiary/aromatic N) is 5. The summed E-state index contributed by atoms with van der Waals surface area (Å²) in [5, 5.41) is 2.11. The van der Waals surface area contributed by atoms with Gasteiger partial charge in [0.1, 0.15) is 0 Å². The van der Waals surface area contributed by atoms with Crippen LogP contribution in [0.15, 0.2) is 11.6 Å². The van der Waals surface area contributed by atoms with Crippen molar-refractivity contribution >= 4 is 17.4 Å². The first-order valence-corrected chi connectivity index (χ1v) is 11.3. The molecule has 28 heavy (non-hydrogen) atoms. The van der Waals surface area contributed by atoms with Crippen LogP contribution in [0, 0.1) is 11.3 Å². The number of carbonyl (C=O) groups excluding carboxylic acids is 1. The zero-order chi connectivity index (χ0) is 19.6. The number of carbonyl (C=O) groups is 1. The lowest BCUT2D eigenvalue weighted by atomic mass is 9.79. The molecule has 0 spiro atoms. The normalized spacial score (nSPS) is 29.0. The third-order valence-electron chi connectivity index (χ3n) is 6.50. The number of rotatable bonds is 7. The summed E-state index contributed by atoms with van der Waals surface area (Å²) in [7, 11) is 4.24. The van der Waals surface area contributed by atoms with Crippen molar-refractivity contribution in [3.63, 3.8) is 0 Å². The lowest BCUT2D eigenvalue weighted by Gasteiger charge is -2.39. The Bertz CT molecular complexity index is 647. The molecular weight excluding hydrogens is 374 g/mol. The molecule has 0 aromatic carbocycles. The van der Waals surface area contributed by atoms with Crippen molar-refractivity contribution < 1.29 is 9.53 Å². The Labute approximate surface area is 172 Å². The quantitative estimate of drug-likeness (QED) is 0.663. The second-order valence-corrected chi connectivity index (χ2v) is 9.52. The molecule has 0 saturated carbocycles. The highest BCUT2D eigenvalue weighted by Crippen LogP contribution is 2.43. The number of fused-ring (bicyclic) bond motifs is 1. The molecule has 3 aliphatic rings. The third-order valence-corrected chi connectivity index (χ3v) is 7.13. The molecule has 1 aromatic heterocycles. The minimum atomic E-state index is -0.337. The standard InChI is InChI=1S/C20H33N5O2S/c1-22(2)4-3-5-23-6-8-25(9-7-23)19(26)20-15-24(11-17-10-21-28-14-17)12-18(20)13-27-16-20/h10,14,18H,3-9,11-13,15-16H2,1-2H3/t18-,20-/m0/s1. The van der Waals surface area contributed by atoms with Gasteiger partial charge in [-0.3, -0.25) is 14.6 Å². The summed E-state index contributed by atoms with van der Waals surface area (Å²) >= 11 is 1.50. The van der Waals surface area contributed by atoms with Crippen LogP contribution in [0.3, 0.4) is 0 Å². The number of ether oxygens (including phenoxy) is 1. The Hall–Kier alpha value is -1.06. The average molecular weight is 408 g/mol. The molecule has 8 heteroatoms. The number of hydrogen-bond acceptors (Lipinski definition) is 7. The summed E-state index contributed by atoms with van der Waals surface area (Å²) in [5.74, 6) is 0.651. The summed E-state index contributed by atoms with van der Waals surface area (Å²) in [6.45, 7) is 9.88. The lowest BCUT2D eigenvalue weighted by Crippen LogP contribution is -2.55. The minimum absolute atomic E-state index is 0.324. The highest BCUT2D eigenvalue weighted by atomic mass is 32.1. The van der Waals surface area contributed by atoms with Gasteiger partial charge in [-0.2, -0.15) is 0 Å². The number of aromatic nitrogens is 1. The van der Waals surface area contributed by atoms with E-state index in [1.807, 2.05) is 6.20 Å². The molecule has 4 rings (SSSR count). The Balaban J connectivity index is 1.32. The molecule has 0 unspecified atom stereocenters. The van der Waals surface area contributed by atoms with Gasteiger partial charge in [0.05, 0.1) is 18.6 Å². The van der Waals surface area contributed by atoms with Crippen LogP contribution in [0.5, 0.6) is 0 Å². The van der Waals surface area contributed by atoms with E-state index in [4.69, 9.17) is 4.74 Å². The van der Waals surface area contributed by atoms with Gasteiger partial charge in [-0.25, -0.2) is 4.37 Å². The second-order valence-electron chi connectivity index (χ2n) is 8.86. The van der Waals surface area contributed by atoms with E-state index < -0.39 is 0 Å². The fraction of sp³-hybridized carbons (Fsp3) is 0.800. The van der Waals surface area contributed by atoms with Crippen LogP contribution >= 0.6 is 11.5 Å². The topological polar surface area (TPSA) is 52.1 Å². The first-order valence-electron chi connectivity index (χ1n) is 10.4. The van der Waals surface area contributed by atoms with Crippen molar-refractivity contribution in [1.29, 1.82) is 0 Å². The number of likely N-dealkylation sites (tertiary alicyclic amines) is 1. The molecule has 7 nitrogen and oxygen atoms in total. The van der Waals surface area contributed by atoms with Gasteiger partial charge in [0.2, 0.25) is 5.91 Å². The van der Waals surface area contributed by atoms with Gasteiger partial charge < -0.3 is 14.5 Å². The number of amides is 1. The highest BCUT2D eigenvalue weighted by molar-refractivity contribution is 7.03. The minimum Gasteiger partial charge on any atom is -0.380 e. The zero-order valence-electron chi connectivity index (χ0n) is 17.2. The molecule has 1 amide bonds. The van der Waals surface area contributed by atoms with Crippen molar-refractivity contribution in [2.24, 2.45) is 11.3 Å². The van der Waals surface area contributed by atoms with E-state index in [0.29, 0.717) is 25.0 Å². The molecule has 2 atom stereocenters. The molecule has 1 aromatic rings. The van der Waals surface area contributed by atoms with Gasteiger partial charge in [0.25, 0.3) is 0 Å². The molecule has 0 bridgehead atoms. The summed E-state index contributed by atoms with van der Waals surface area (Å²) in [6.07, 6.45) is 3.13. The Morgan fingerprint density at radius 2 is 2.14 bits per heavy atom. The van der Waals surface area contributed by atoms with Crippen molar-refractivity contribution in [2.75, 3.05) is 79.7 Å². The van der Waals surface area contributed by atoms with Crippen molar-refractivity contribution in [1.82, 2.24) is 24.0 Å². The fourth-order valence-electron chi connectivity index (χ4n) is 4.93.